The Bertz CT molecular complexity index is 787. The second-order valence-corrected chi connectivity index (χ2v) is 6.40. The van der Waals surface area contributed by atoms with Crippen LogP contribution in [0.1, 0.15) is 0 Å². The third kappa shape index (κ3) is 3.11. The molecule has 1 aromatic heterocycles. The normalized spacial score (nSPS) is 11.5. The fourth-order valence-corrected chi connectivity index (χ4v) is 2.91. The minimum absolute atomic E-state index is 0.00106. The Morgan fingerprint density at radius 2 is 2.05 bits per heavy atom. The predicted molar refractivity (Wildman–Crippen MR) is 80.0 cm³/mol. The van der Waals surface area contributed by atoms with Gasteiger partial charge in [0.25, 0.3) is 0 Å². The number of hydrogen-bond donors (Lipinski definition) is 2. The molecular formula is C13H16N4O3S. The number of nitrogens with two attached hydrogens (primary N) is 1. The smallest absolute Gasteiger partial charge is 0.243 e. The second-order valence-electron chi connectivity index (χ2n) is 4.67. The fourth-order valence-electron chi connectivity index (χ4n) is 1.78. The maximum Gasteiger partial charge on any atom is 0.243 e. The van der Waals surface area contributed by atoms with E-state index in [1.54, 1.807) is 26.2 Å². The molecule has 1 heterocycles. The van der Waals surface area contributed by atoms with Crippen molar-refractivity contribution in [3.8, 4) is 0 Å². The summed E-state index contributed by atoms with van der Waals surface area (Å²) in [4.78, 5) is 16.9. The fraction of sp³-hybridized carbons (Fsp3) is 0.231. The lowest BCUT2D eigenvalue weighted by Crippen LogP contribution is -2.36. The van der Waals surface area contributed by atoms with Gasteiger partial charge in [-0.1, -0.05) is 0 Å². The molecule has 8 heteroatoms. The van der Waals surface area contributed by atoms with Gasteiger partial charge in [-0.15, -0.1) is 0 Å². The van der Waals surface area contributed by atoms with Gasteiger partial charge in [-0.3, -0.25) is 9.78 Å². The zero-order chi connectivity index (χ0) is 15.6. The summed E-state index contributed by atoms with van der Waals surface area (Å²) < 4.78 is 26.9. The van der Waals surface area contributed by atoms with Crippen LogP contribution in [0.4, 0.5) is 5.69 Å². The van der Waals surface area contributed by atoms with Crippen molar-refractivity contribution in [2.24, 2.45) is 0 Å². The topological polar surface area (TPSA) is 105 Å². The highest BCUT2D eigenvalue weighted by Gasteiger charge is 2.20. The lowest BCUT2D eigenvalue weighted by molar-refractivity contribution is -0.127. The SMILES string of the molecule is CN(C)C(=O)CNS(=O)(=O)c1ccc(N)c2cccnc12. The third-order valence-electron chi connectivity index (χ3n) is 2.97. The molecule has 0 saturated heterocycles. The molecule has 0 radical (unpaired) electrons. The van der Waals surface area contributed by atoms with Gasteiger partial charge in [0, 0.05) is 31.4 Å². The van der Waals surface area contributed by atoms with Crippen molar-refractivity contribution in [3.63, 3.8) is 0 Å². The molecule has 0 aliphatic carbocycles. The summed E-state index contributed by atoms with van der Waals surface area (Å²) in [6.07, 6.45) is 1.49. The van der Waals surface area contributed by atoms with Crippen LogP contribution >= 0.6 is 0 Å². The van der Waals surface area contributed by atoms with E-state index >= 15 is 0 Å². The molecule has 7 nitrogen and oxygen atoms in total. The van der Waals surface area contributed by atoms with Crippen molar-refractivity contribution >= 4 is 32.5 Å². The number of hydrogen-bond acceptors (Lipinski definition) is 5. The van der Waals surface area contributed by atoms with E-state index in [2.05, 4.69) is 9.71 Å². The van der Waals surface area contributed by atoms with Crippen LogP contribution in [0.3, 0.4) is 0 Å². The highest BCUT2D eigenvalue weighted by molar-refractivity contribution is 7.89. The number of carbonyl (C=O) groups is 1. The van der Waals surface area contributed by atoms with Crippen LogP contribution in [0.15, 0.2) is 35.4 Å². The summed E-state index contributed by atoms with van der Waals surface area (Å²) >= 11 is 0. The van der Waals surface area contributed by atoms with Gasteiger partial charge in [0.2, 0.25) is 15.9 Å². The van der Waals surface area contributed by atoms with E-state index in [9.17, 15) is 13.2 Å². The molecule has 1 amide bonds. The molecular weight excluding hydrogens is 292 g/mol. The zero-order valence-electron chi connectivity index (χ0n) is 11.7. The molecule has 0 aliphatic heterocycles. The number of carbonyl (C=O) groups excluding carboxylic acids is 1. The Balaban J connectivity index is 2.42. The Morgan fingerprint density at radius 1 is 1.33 bits per heavy atom. The molecule has 2 rings (SSSR count). The number of anilines is 1. The molecule has 1 aromatic carbocycles. The van der Waals surface area contributed by atoms with E-state index < -0.39 is 10.0 Å². The summed E-state index contributed by atoms with van der Waals surface area (Å²) in [6.45, 7) is -0.311. The second kappa shape index (κ2) is 5.66. The first kappa shape index (κ1) is 15.2. The lowest BCUT2D eigenvalue weighted by Gasteiger charge is -2.12. The van der Waals surface area contributed by atoms with Gasteiger partial charge in [-0.2, -0.15) is 0 Å². The summed E-state index contributed by atoms with van der Waals surface area (Å²) in [5.74, 6) is -0.341. The van der Waals surface area contributed by atoms with E-state index in [1.807, 2.05) is 0 Å². The van der Waals surface area contributed by atoms with Crippen LogP contribution in [-0.4, -0.2) is 44.8 Å². The number of rotatable bonds is 4. The lowest BCUT2D eigenvalue weighted by atomic mass is 10.2. The monoisotopic (exact) mass is 308 g/mol. The molecule has 0 aliphatic rings. The molecule has 0 fully saturated rings. The van der Waals surface area contributed by atoms with Crippen LogP contribution in [0.5, 0.6) is 0 Å². The molecule has 3 N–H and O–H groups in total. The Morgan fingerprint density at radius 3 is 2.71 bits per heavy atom. The Labute approximate surface area is 122 Å². The number of benzene rings is 1. The minimum Gasteiger partial charge on any atom is -0.398 e. The Kier molecular flexibility index (Phi) is 4.10. The van der Waals surface area contributed by atoms with Gasteiger partial charge < -0.3 is 10.6 Å². The van der Waals surface area contributed by atoms with Gasteiger partial charge in [-0.25, -0.2) is 13.1 Å². The van der Waals surface area contributed by atoms with Crippen molar-refractivity contribution in [2.45, 2.75) is 4.90 Å². The largest absolute Gasteiger partial charge is 0.398 e. The van der Waals surface area contributed by atoms with Gasteiger partial charge in [0.15, 0.2) is 0 Å². The molecule has 112 valence electrons. The molecule has 21 heavy (non-hydrogen) atoms. The van der Waals surface area contributed by atoms with Crippen molar-refractivity contribution in [2.75, 3.05) is 26.4 Å². The summed E-state index contributed by atoms with van der Waals surface area (Å²) in [7, 11) is -0.743. The van der Waals surface area contributed by atoms with Crippen LogP contribution in [-0.2, 0) is 14.8 Å². The number of nitrogens with zero attached hydrogens (tertiary/aromatic N) is 2. The summed E-state index contributed by atoms with van der Waals surface area (Å²) in [6, 6.07) is 6.26. The number of sulfonamides is 1. The first-order valence-corrected chi connectivity index (χ1v) is 7.64. The van der Waals surface area contributed by atoms with Crippen molar-refractivity contribution < 1.29 is 13.2 Å². The van der Waals surface area contributed by atoms with E-state index in [-0.39, 0.29) is 22.9 Å². The van der Waals surface area contributed by atoms with Gasteiger partial charge >= 0.3 is 0 Å². The van der Waals surface area contributed by atoms with Gasteiger partial charge in [0.1, 0.15) is 4.90 Å². The van der Waals surface area contributed by atoms with Crippen molar-refractivity contribution in [1.29, 1.82) is 0 Å². The molecule has 0 spiro atoms. The number of amides is 1. The van der Waals surface area contributed by atoms with E-state index in [0.29, 0.717) is 11.1 Å². The number of nitrogens with one attached hydrogen (secondary N) is 1. The van der Waals surface area contributed by atoms with Crippen LogP contribution < -0.4 is 10.5 Å². The number of nitrogen functional groups attached to an aromatic ring is 1. The summed E-state index contributed by atoms with van der Waals surface area (Å²) in [5, 5.41) is 0.555. The van der Waals surface area contributed by atoms with E-state index in [1.165, 1.54) is 23.2 Å². The number of pyridine rings is 1. The minimum atomic E-state index is -3.85. The molecule has 0 atom stereocenters. The zero-order valence-corrected chi connectivity index (χ0v) is 12.5. The first-order valence-electron chi connectivity index (χ1n) is 6.16. The number of aromatic nitrogens is 1. The predicted octanol–water partition coefficient (Wildman–Crippen LogP) is 0.184. The quantitative estimate of drug-likeness (QED) is 0.784. The first-order chi connectivity index (χ1) is 9.83. The van der Waals surface area contributed by atoms with Crippen molar-refractivity contribution in [1.82, 2.24) is 14.6 Å². The molecule has 0 saturated carbocycles. The van der Waals surface area contributed by atoms with Gasteiger partial charge in [0.05, 0.1) is 12.1 Å². The van der Waals surface area contributed by atoms with Crippen LogP contribution in [0.25, 0.3) is 10.9 Å². The third-order valence-corrected chi connectivity index (χ3v) is 4.40. The number of fused-ring (bicyclic) bond motifs is 1. The highest BCUT2D eigenvalue weighted by Crippen LogP contribution is 2.25. The van der Waals surface area contributed by atoms with E-state index in [4.69, 9.17) is 5.73 Å². The van der Waals surface area contributed by atoms with Crippen molar-refractivity contribution in [3.05, 3.63) is 30.5 Å². The summed E-state index contributed by atoms with van der Waals surface area (Å²) in [5.41, 5.74) is 6.54. The maximum absolute atomic E-state index is 12.3. The van der Waals surface area contributed by atoms with Gasteiger partial charge in [-0.05, 0) is 24.3 Å². The Hall–Kier alpha value is -2.19. The van der Waals surface area contributed by atoms with E-state index in [0.717, 1.165) is 0 Å². The standard InChI is InChI=1S/C13H16N4O3S/c1-17(2)12(18)8-16-21(19,20)11-6-5-10(14)9-4-3-7-15-13(9)11/h3-7,16H,8,14H2,1-2H3. The van der Waals surface area contributed by atoms with Crippen LogP contribution in [0, 0.1) is 0 Å². The number of likely N-dealkylation sites (N-methyl/N-ethyl adjacent to an activating group) is 1. The maximum atomic E-state index is 12.3. The average Bonchev–Trinajstić information content (AvgIpc) is 2.45. The molecule has 0 bridgehead atoms. The van der Waals surface area contributed by atoms with Crippen LogP contribution in [0.2, 0.25) is 0 Å². The highest BCUT2D eigenvalue weighted by atomic mass is 32.2. The average molecular weight is 308 g/mol. The molecule has 2 aromatic rings. The molecule has 0 unspecified atom stereocenters.